The summed E-state index contributed by atoms with van der Waals surface area (Å²) >= 11 is 0. The third kappa shape index (κ3) is 3.34. The van der Waals surface area contributed by atoms with E-state index >= 15 is 0 Å². The number of pyridine rings is 1. The van der Waals surface area contributed by atoms with Gasteiger partial charge in [-0.15, -0.1) is 0 Å². The monoisotopic (exact) mass is 263 g/mol. The zero-order chi connectivity index (χ0) is 14.0. The molecule has 19 heavy (non-hydrogen) atoms. The van der Waals surface area contributed by atoms with Crippen LogP contribution in [0.15, 0.2) is 12.1 Å². The van der Waals surface area contributed by atoms with Crippen LogP contribution in [0.1, 0.15) is 26.5 Å². The van der Waals surface area contributed by atoms with Crippen LogP contribution < -0.4 is 11.1 Å². The van der Waals surface area contributed by atoms with Crippen molar-refractivity contribution in [2.75, 3.05) is 5.73 Å². The quantitative estimate of drug-likeness (QED) is 0.762. The highest BCUT2D eigenvalue weighted by Crippen LogP contribution is 2.15. The average Bonchev–Trinajstić information content (AvgIpc) is 2.66. The summed E-state index contributed by atoms with van der Waals surface area (Å²) in [6.45, 7) is 5.70. The van der Waals surface area contributed by atoms with E-state index in [0.29, 0.717) is 17.2 Å². The van der Waals surface area contributed by atoms with E-state index in [9.17, 15) is 4.79 Å². The lowest BCUT2D eigenvalue weighted by Crippen LogP contribution is -2.32. The summed E-state index contributed by atoms with van der Waals surface area (Å²) in [4.78, 5) is 15.8. The number of amides is 1. The highest BCUT2D eigenvalue weighted by Gasteiger charge is 2.16. The molecule has 0 fully saturated rings. The maximum absolute atomic E-state index is 11.5. The molecule has 0 saturated carbocycles. The summed E-state index contributed by atoms with van der Waals surface area (Å²) < 4.78 is 5.13. The number of rotatable bonds is 2. The van der Waals surface area contributed by atoms with Gasteiger partial charge < -0.3 is 15.8 Å². The lowest BCUT2D eigenvalue weighted by molar-refractivity contribution is 0.0523. The summed E-state index contributed by atoms with van der Waals surface area (Å²) in [6, 6.07) is 3.60. The van der Waals surface area contributed by atoms with Crippen molar-refractivity contribution in [2.24, 2.45) is 0 Å². The van der Waals surface area contributed by atoms with Gasteiger partial charge in [-0.2, -0.15) is 5.10 Å². The van der Waals surface area contributed by atoms with Gasteiger partial charge in [-0.25, -0.2) is 9.78 Å². The van der Waals surface area contributed by atoms with Crippen LogP contribution in [0.25, 0.3) is 11.0 Å². The fourth-order valence-electron chi connectivity index (χ4n) is 1.53. The van der Waals surface area contributed by atoms with Crippen molar-refractivity contribution < 1.29 is 9.53 Å². The Morgan fingerprint density at radius 2 is 2.21 bits per heavy atom. The summed E-state index contributed by atoms with van der Waals surface area (Å²) in [5.41, 5.74) is 6.37. The number of ether oxygens (including phenoxy) is 1. The molecule has 0 spiro atoms. The zero-order valence-corrected chi connectivity index (χ0v) is 11.2. The molecule has 0 saturated heterocycles. The Morgan fingerprint density at radius 3 is 2.89 bits per heavy atom. The number of H-pyrrole nitrogens is 1. The Balaban J connectivity index is 2.00. The van der Waals surface area contributed by atoms with E-state index in [2.05, 4.69) is 20.5 Å². The molecular weight excluding hydrogens is 246 g/mol. The van der Waals surface area contributed by atoms with Crippen LogP contribution in [0.4, 0.5) is 10.6 Å². The second-order valence-corrected chi connectivity index (χ2v) is 5.17. The normalized spacial score (nSPS) is 11.5. The number of hydrogen-bond donors (Lipinski definition) is 3. The summed E-state index contributed by atoms with van der Waals surface area (Å²) in [5, 5.41) is 10.0. The number of aromatic nitrogens is 3. The van der Waals surface area contributed by atoms with Gasteiger partial charge in [-0.3, -0.25) is 5.10 Å². The molecule has 7 nitrogen and oxygen atoms in total. The van der Waals surface area contributed by atoms with Crippen LogP contribution in [0.5, 0.6) is 0 Å². The van der Waals surface area contributed by atoms with E-state index in [1.165, 1.54) is 0 Å². The maximum Gasteiger partial charge on any atom is 0.407 e. The van der Waals surface area contributed by atoms with Crippen LogP contribution in [-0.4, -0.2) is 26.9 Å². The second kappa shape index (κ2) is 4.75. The maximum atomic E-state index is 11.5. The lowest BCUT2D eigenvalue weighted by Gasteiger charge is -2.19. The van der Waals surface area contributed by atoms with E-state index < -0.39 is 11.7 Å². The number of carbonyl (C=O) groups excluding carboxylic acids is 1. The number of nitrogen functional groups attached to an aromatic ring is 1. The molecule has 102 valence electrons. The molecule has 1 amide bonds. The van der Waals surface area contributed by atoms with Crippen molar-refractivity contribution in [3.63, 3.8) is 0 Å². The van der Waals surface area contributed by atoms with Gasteiger partial charge in [0.25, 0.3) is 0 Å². The van der Waals surface area contributed by atoms with Crippen molar-refractivity contribution in [1.82, 2.24) is 20.5 Å². The second-order valence-electron chi connectivity index (χ2n) is 5.17. The minimum absolute atomic E-state index is 0.275. The van der Waals surface area contributed by atoms with Crippen LogP contribution in [-0.2, 0) is 11.3 Å². The number of nitrogens with two attached hydrogens (primary N) is 1. The van der Waals surface area contributed by atoms with Crippen molar-refractivity contribution in [3.05, 3.63) is 17.8 Å². The molecule has 0 aliphatic heterocycles. The molecule has 2 heterocycles. The smallest absolute Gasteiger partial charge is 0.407 e. The van der Waals surface area contributed by atoms with Gasteiger partial charge in [0.2, 0.25) is 0 Å². The number of nitrogens with zero attached hydrogens (tertiary/aromatic N) is 2. The summed E-state index contributed by atoms with van der Waals surface area (Å²) in [6.07, 6.45) is -0.476. The van der Waals surface area contributed by atoms with Crippen LogP contribution >= 0.6 is 0 Å². The molecule has 0 bridgehead atoms. The molecule has 0 unspecified atom stereocenters. The van der Waals surface area contributed by atoms with Crippen LogP contribution in [0, 0.1) is 0 Å². The number of fused-ring (bicyclic) bond motifs is 1. The van der Waals surface area contributed by atoms with Gasteiger partial charge in [0.15, 0.2) is 5.65 Å². The Bertz CT molecular complexity index is 600. The molecule has 2 rings (SSSR count). The van der Waals surface area contributed by atoms with Crippen molar-refractivity contribution in [1.29, 1.82) is 0 Å². The van der Waals surface area contributed by atoms with Crippen molar-refractivity contribution in [2.45, 2.75) is 32.9 Å². The fraction of sp³-hybridized carbons (Fsp3) is 0.417. The van der Waals surface area contributed by atoms with Gasteiger partial charge in [0.05, 0.1) is 17.6 Å². The van der Waals surface area contributed by atoms with Gasteiger partial charge in [0.1, 0.15) is 11.4 Å². The predicted octanol–water partition coefficient (Wildman–Crippen LogP) is 1.56. The Labute approximate surface area is 110 Å². The van der Waals surface area contributed by atoms with Crippen LogP contribution in [0.2, 0.25) is 0 Å². The topological polar surface area (TPSA) is 106 Å². The molecule has 2 aromatic heterocycles. The van der Waals surface area contributed by atoms with E-state index in [1.54, 1.807) is 6.07 Å². The third-order valence-corrected chi connectivity index (χ3v) is 2.32. The largest absolute Gasteiger partial charge is 0.444 e. The molecule has 0 aliphatic rings. The number of anilines is 1. The lowest BCUT2D eigenvalue weighted by atomic mass is 10.2. The molecule has 0 aliphatic carbocycles. The molecule has 4 N–H and O–H groups in total. The minimum Gasteiger partial charge on any atom is -0.444 e. The first-order chi connectivity index (χ1) is 8.85. The minimum atomic E-state index is -0.516. The number of nitrogens with one attached hydrogen (secondary N) is 2. The first-order valence-electron chi connectivity index (χ1n) is 5.91. The summed E-state index contributed by atoms with van der Waals surface area (Å²) in [7, 11) is 0. The number of aromatic amines is 1. The number of hydrogen-bond acceptors (Lipinski definition) is 5. The third-order valence-electron chi connectivity index (χ3n) is 2.32. The molecule has 0 aromatic carbocycles. The van der Waals surface area contributed by atoms with Gasteiger partial charge in [-0.1, -0.05) is 0 Å². The van der Waals surface area contributed by atoms with Gasteiger partial charge >= 0.3 is 6.09 Å². The van der Waals surface area contributed by atoms with E-state index in [0.717, 1.165) is 5.39 Å². The molecule has 7 heteroatoms. The molecular formula is C12H17N5O2. The average molecular weight is 263 g/mol. The highest BCUT2D eigenvalue weighted by atomic mass is 16.6. The first kappa shape index (κ1) is 13.1. The van der Waals surface area contributed by atoms with Crippen molar-refractivity contribution >= 4 is 22.9 Å². The van der Waals surface area contributed by atoms with E-state index in [4.69, 9.17) is 10.5 Å². The first-order valence-corrected chi connectivity index (χ1v) is 5.91. The highest BCUT2D eigenvalue weighted by molar-refractivity contribution is 5.85. The predicted molar refractivity (Wildman–Crippen MR) is 71.4 cm³/mol. The summed E-state index contributed by atoms with van der Waals surface area (Å²) in [5.74, 6) is 0.481. The van der Waals surface area contributed by atoms with Crippen molar-refractivity contribution in [3.8, 4) is 0 Å². The van der Waals surface area contributed by atoms with E-state index in [1.807, 2.05) is 26.8 Å². The van der Waals surface area contributed by atoms with E-state index in [-0.39, 0.29) is 6.54 Å². The number of alkyl carbamates (subject to hydrolysis) is 1. The standard InChI is InChI=1S/C12H17N5O2/c1-12(2,3)19-11(18)14-6-7-4-5-8-9(13)16-17-10(8)15-7/h4-5H,6H2,1-3H3,(H,14,18)(H3,13,15,16,17). The van der Waals surface area contributed by atoms with Gasteiger partial charge in [-0.05, 0) is 32.9 Å². The SMILES string of the molecule is CC(C)(C)OC(=O)NCc1ccc2c(N)[nH]nc2n1. The molecule has 2 aromatic rings. The Kier molecular flexibility index (Phi) is 3.28. The molecule has 0 radical (unpaired) electrons. The molecule has 0 atom stereocenters. The van der Waals surface area contributed by atoms with Gasteiger partial charge in [0, 0.05) is 0 Å². The Hall–Kier alpha value is -2.31. The Morgan fingerprint density at radius 1 is 1.47 bits per heavy atom. The van der Waals surface area contributed by atoms with Crippen LogP contribution in [0.3, 0.4) is 0 Å². The fourth-order valence-corrected chi connectivity index (χ4v) is 1.53. The zero-order valence-electron chi connectivity index (χ0n) is 11.2. The number of carbonyl (C=O) groups is 1.